The highest BCUT2D eigenvalue weighted by atomic mass is 35.5. The number of hydrogen-bond acceptors (Lipinski definition) is 2. The van der Waals surface area contributed by atoms with Crippen LogP contribution in [-0.2, 0) is 0 Å². The maximum absolute atomic E-state index is 12.2. The van der Waals surface area contributed by atoms with E-state index < -0.39 is 0 Å². The topological polar surface area (TPSA) is 33.2 Å². The molecule has 4 heteroatoms. The molecule has 0 aliphatic carbocycles. The van der Waals surface area contributed by atoms with Gasteiger partial charge in [0, 0.05) is 36.4 Å². The van der Waals surface area contributed by atoms with E-state index in [1.54, 1.807) is 24.5 Å². The fourth-order valence-electron chi connectivity index (χ4n) is 2.16. The Labute approximate surface area is 100 Å². The Kier molecular flexibility index (Phi) is 3.44. The largest absolute Gasteiger partial charge is 0.334 e. The summed E-state index contributed by atoms with van der Waals surface area (Å²) >= 11 is 5.92. The number of halogens is 1. The molecular formula is C12H15ClN2O. The van der Waals surface area contributed by atoms with Crippen LogP contribution in [0.5, 0.6) is 0 Å². The van der Waals surface area contributed by atoms with E-state index in [2.05, 4.69) is 11.9 Å². The molecule has 1 amide bonds. The quantitative estimate of drug-likeness (QED) is 0.740. The summed E-state index contributed by atoms with van der Waals surface area (Å²) in [7, 11) is 0. The first-order valence-corrected chi connectivity index (χ1v) is 6.04. The number of carbonyl (C=O) groups excluding carboxylic acids is 1. The highest BCUT2D eigenvalue weighted by Gasteiger charge is 2.33. The van der Waals surface area contributed by atoms with Crippen molar-refractivity contribution in [2.45, 2.75) is 19.4 Å². The van der Waals surface area contributed by atoms with E-state index >= 15 is 0 Å². The van der Waals surface area contributed by atoms with Crippen LogP contribution in [0, 0.1) is 5.92 Å². The molecule has 0 radical (unpaired) electrons. The van der Waals surface area contributed by atoms with Crippen LogP contribution < -0.4 is 0 Å². The number of rotatable bonds is 2. The van der Waals surface area contributed by atoms with E-state index in [0.717, 1.165) is 13.0 Å². The van der Waals surface area contributed by atoms with E-state index in [1.807, 2.05) is 4.90 Å². The Morgan fingerprint density at radius 2 is 2.25 bits per heavy atom. The molecule has 2 unspecified atom stereocenters. The lowest BCUT2D eigenvalue weighted by atomic mass is 10.0. The van der Waals surface area contributed by atoms with Crippen molar-refractivity contribution in [2.24, 2.45) is 5.92 Å². The minimum absolute atomic E-state index is 0.0670. The highest BCUT2D eigenvalue weighted by Crippen LogP contribution is 2.26. The molecule has 0 bridgehead atoms. The van der Waals surface area contributed by atoms with Crippen molar-refractivity contribution < 1.29 is 4.79 Å². The van der Waals surface area contributed by atoms with E-state index in [0.29, 0.717) is 17.4 Å². The number of pyridine rings is 1. The molecule has 1 aromatic rings. The Hall–Kier alpha value is -1.09. The van der Waals surface area contributed by atoms with Crippen molar-refractivity contribution in [3.63, 3.8) is 0 Å². The number of hydrogen-bond donors (Lipinski definition) is 0. The van der Waals surface area contributed by atoms with E-state index in [9.17, 15) is 4.79 Å². The first kappa shape index (κ1) is 11.4. The van der Waals surface area contributed by atoms with Gasteiger partial charge in [0.15, 0.2) is 0 Å². The maximum atomic E-state index is 12.2. The van der Waals surface area contributed by atoms with Gasteiger partial charge in [-0.3, -0.25) is 9.78 Å². The van der Waals surface area contributed by atoms with Crippen molar-refractivity contribution in [1.82, 2.24) is 9.88 Å². The second-order valence-electron chi connectivity index (χ2n) is 4.22. The number of carbonyl (C=O) groups is 1. The van der Waals surface area contributed by atoms with Crippen LogP contribution in [-0.4, -0.2) is 34.3 Å². The highest BCUT2D eigenvalue weighted by molar-refractivity contribution is 6.18. The zero-order chi connectivity index (χ0) is 11.5. The second kappa shape index (κ2) is 4.83. The molecule has 0 N–H and O–H groups in total. The SMILES string of the molecule is CC1CCN(C(=O)c2ccncc2)C1CCl. The number of aromatic nitrogens is 1. The third-order valence-corrected chi connectivity index (χ3v) is 3.54. The normalized spacial score (nSPS) is 24.8. The summed E-state index contributed by atoms with van der Waals surface area (Å²) in [6.45, 7) is 2.95. The van der Waals surface area contributed by atoms with Gasteiger partial charge in [0.05, 0.1) is 0 Å². The fourth-order valence-corrected chi connectivity index (χ4v) is 2.63. The molecule has 2 rings (SSSR count). The molecular weight excluding hydrogens is 224 g/mol. The van der Waals surface area contributed by atoms with E-state index in [1.165, 1.54) is 0 Å². The van der Waals surface area contributed by atoms with E-state index in [4.69, 9.17) is 11.6 Å². The summed E-state index contributed by atoms with van der Waals surface area (Å²) in [4.78, 5) is 18.0. The standard InChI is InChI=1S/C12H15ClN2O/c1-9-4-7-15(11(9)8-13)12(16)10-2-5-14-6-3-10/h2-3,5-6,9,11H,4,7-8H2,1H3. The number of likely N-dealkylation sites (tertiary alicyclic amines) is 1. The summed E-state index contributed by atoms with van der Waals surface area (Å²) in [6.07, 6.45) is 4.32. The Morgan fingerprint density at radius 1 is 1.56 bits per heavy atom. The minimum atomic E-state index is 0.0670. The van der Waals surface area contributed by atoms with Crippen molar-refractivity contribution in [3.05, 3.63) is 30.1 Å². The molecule has 3 nitrogen and oxygen atoms in total. The van der Waals surface area contributed by atoms with Crippen LogP contribution in [0.3, 0.4) is 0 Å². The molecule has 1 aliphatic rings. The summed E-state index contributed by atoms with van der Waals surface area (Å²) in [5.74, 6) is 1.07. The molecule has 2 heterocycles. The lowest BCUT2D eigenvalue weighted by Gasteiger charge is -2.25. The van der Waals surface area contributed by atoms with Gasteiger partial charge in [0.25, 0.3) is 5.91 Å². The van der Waals surface area contributed by atoms with Gasteiger partial charge in [-0.1, -0.05) is 6.92 Å². The van der Waals surface area contributed by atoms with Gasteiger partial charge in [-0.05, 0) is 24.5 Å². The maximum Gasteiger partial charge on any atom is 0.254 e. The Balaban J connectivity index is 2.17. The van der Waals surface area contributed by atoms with Gasteiger partial charge in [-0.15, -0.1) is 11.6 Å². The summed E-state index contributed by atoms with van der Waals surface area (Å²) in [5, 5.41) is 0. The number of alkyl halides is 1. The van der Waals surface area contributed by atoms with Crippen LogP contribution in [0.4, 0.5) is 0 Å². The van der Waals surface area contributed by atoms with Crippen molar-refractivity contribution in [2.75, 3.05) is 12.4 Å². The molecule has 1 aromatic heterocycles. The van der Waals surface area contributed by atoms with Crippen LogP contribution in [0.25, 0.3) is 0 Å². The first-order chi connectivity index (χ1) is 7.74. The predicted octanol–water partition coefficient (Wildman–Crippen LogP) is 2.17. The lowest BCUT2D eigenvalue weighted by Crippen LogP contribution is -2.38. The molecule has 0 saturated carbocycles. The third-order valence-electron chi connectivity index (χ3n) is 3.23. The number of nitrogens with zero attached hydrogens (tertiary/aromatic N) is 2. The smallest absolute Gasteiger partial charge is 0.254 e. The van der Waals surface area contributed by atoms with Gasteiger partial charge < -0.3 is 4.90 Å². The molecule has 1 fully saturated rings. The van der Waals surface area contributed by atoms with Gasteiger partial charge in [0.2, 0.25) is 0 Å². The second-order valence-corrected chi connectivity index (χ2v) is 4.53. The Bertz CT molecular complexity index is 369. The van der Waals surface area contributed by atoms with Crippen LogP contribution in [0.2, 0.25) is 0 Å². The summed E-state index contributed by atoms with van der Waals surface area (Å²) in [5.41, 5.74) is 0.694. The van der Waals surface area contributed by atoms with Crippen molar-refractivity contribution in [3.8, 4) is 0 Å². The fraction of sp³-hybridized carbons (Fsp3) is 0.500. The summed E-state index contributed by atoms with van der Waals surface area (Å²) < 4.78 is 0. The van der Waals surface area contributed by atoms with Gasteiger partial charge in [-0.2, -0.15) is 0 Å². The monoisotopic (exact) mass is 238 g/mol. The lowest BCUT2D eigenvalue weighted by molar-refractivity contribution is 0.0737. The first-order valence-electron chi connectivity index (χ1n) is 5.51. The molecule has 2 atom stereocenters. The van der Waals surface area contributed by atoms with Gasteiger partial charge in [-0.25, -0.2) is 0 Å². The van der Waals surface area contributed by atoms with E-state index in [-0.39, 0.29) is 11.9 Å². The zero-order valence-electron chi connectivity index (χ0n) is 9.27. The molecule has 1 aliphatic heterocycles. The Morgan fingerprint density at radius 3 is 2.88 bits per heavy atom. The van der Waals surface area contributed by atoms with Crippen molar-refractivity contribution in [1.29, 1.82) is 0 Å². The average molecular weight is 239 g/mol. The van der Waals surface area contributed by atoms with Crippen LogP contribution >= 0.6 is 11.6 Å². The average Bonchev–Trinajstić information content (AvgIpc) is 2.70. The third kappa shape index (κ3) is 2.05. The molecule has 86 valence electrons. The van der Waals surface area contributed by atoms with Crippen LogP contribution in [0.1, 0.15) is 23.7 Å². The van der Waals surface area contributed by atoms with Gasteiger partial charge in [0.1, 0.15) is 0 Å². The summed E-state index contributed by atoms with van der Waals surface area (Å²) in [6, 6.07) is 3.66. The number of amides is 1. The predicted molar refractivity (Wildman–Crippen MR) is 63.6 cm³/mol. The van der Waals surface area contributed by atoms with Crippen LogP contribution in [0.15, 0.2) is 24.5 Å². The molecule has 16 heavy (non-hydrogen) atoms. The minimum Gasteiger partial charge on any atom is -0.334 e. The molecule has 0 spiro atoms. The van der Waals surface area contributed by atoms with Gasteiger partial charge >= 0.3 is 0 Å². The van der Waals surface area contributed by atoms with Crippen molar-refractivity contribution >= 4 is 17.5 Å². The zero-order valence-corrected chi connectivity index (χ0v) is 10.0. The molecule has 0 aromatic carbocycles. The molecule has 1 saturated heterocycles.